The van der Waals surface area contributed by atoms with Crippen LogP contribution in [0.1, 0.15) is 25.8 Å². The molecule has 19 heavy (non-hydrogen) atoms. The van der Waals surface area contributed by atoms with E-state index >= 15 is 0 Å². The number of carbonyl (C=O) groups excluding carboxylic acids is 1. The molecule has 1 atom stereocenters. The predicted molar refractivity (Wildman–Crippen MR) is 74.6 cm³/mol. The highest BCUT2D eigenvalue weighted by Gasteiger charge is 2.21. The molecule has 0 heterocycles. The Labute approximate surface area is 114 Å². The Morgan fingerprint density at radius 3 is 2.37 bits per heavy atom. The Balaban J connectivity index is 2.62. The Morgan fingerprint density at radius 2 is 1.84 bits per heavy atom. The molecule has 1 aromatic carbocycles. The van der Waals surface area contributed by atoms with Crippen molar-refractivity contribution >= 4 is 15.9 Å². The van der Waals surface area contributed by atoms with E-state index in [2.05, 4.69) is 0 Å². The molecule has 0 saturated carbocycles. The lowest BCUT2D eigenvalue weighted by molar-refractivity contribution is -0.120. The summed E-state index contributed by atoms with van der Waals surface area (Å²) in [6.07, 6.45) is 0.451. The van der Waals surface area contributed by atoms with Gasteiger partial charge in [-0.3, -0.25) is 9.52 Å². The normalized spacial score (nSPS) is 13.3. The molecule has 1 amide bonds. The average Bonchev–Trinajstić information content (AvgIpc) is 2.27. The summed E-state index contributed by atoms with van der Waals surface area (Å²) in [6, 6.07) is 7.88. The van der Waals surface area contributed by atoms with Gasteiger partial charge in [0.15, 0.2) is 0 Å². The zero-order valence-corrected chi connectivity index (χ0v) is 12.0. The maximum absolute atomic E-state index is 11.8. The number of rotatable bonds is 6. The summed E-state index contributed by atoms with van der Waals surface area (Å²) in [5.74, 6) is -0.643. The Morgan fingerprint density at radius 1 is 1.26 bits per heavy atom. The van der Waals surface area contributed by atoms with Crippen molar-refractivity contribution in [2.45, 2.75) is 32.1 Å². The van der Waals surface area contributed by atoms with E-state index in [0.717, 1.165) is 0 Å². The molecule has 1 rings (SSSR count). The molecule has 0 unspecified atom stereocenters. The first-order valence-electron chi connectivity index (χ1n) is 6.14. The van der Waals surface area contributed by atoms with Gasteiger partial charge in [-0.25, -0.2) is 8.42 Å². The lowest BCUT2D eigenvalue weighted by Gasteiger charge is -2.14. The molecule has 5 nitrogen and oxygen atoms in total. The molecular formula is C13H20N2O3S. The molecule has 0 aliphatic heterocycles. The quantitative estimate of drug-likeness (QED) is 0.815. The van der Waals surface area contributed by atoms with Gasteiger partial charge in [-0.05, 0) is 17.9 Å². The summed E-state index contributed by atoms with van der Waals surface area (Å²) in [5, 5.41) is 0. The number of benzene rings is 1. The van der Waals surface area contributed by atoms with Crippen LogP contribution in [0.3, 0.4) is 0 Å². The van der Waals surface area contributed by atoms with Crippen LogP contribution >= 0.6 is 0 Å². The number of carbonyl (C=O) groups is 1. The van der Waals surface area contributed by atoms with Gasteiger partial charge in [-0.1, -0.05) is 44.2 Å². The van der Waals surface area contributed by atoms with Crippen molar-refractivity contribution in [3.63, 3.8) is 0 Å². The van der Waals surface area contributed by atoms with Crippen molar-refractivity contribution in [2.75, 3.05) is 0 Å². The van der Waals surface area contributed by atoms with Crippen molar-refractivity contribution in [3.8, 4) is 0 Å². The van der Waals surface area contributed by atoms with Crippen molar-refractivity contribution in [3.05, 3.63) is 35.9 Å². The highest BCUT2D eigenvalue weighted by atomic mass is 32.2. The number of amides is 1. The minimum atomic E-state index is -3.69. The lowest BCUT2D eigenvalue weighted by Crippen LogP contribution is -2.44. The zero-order valence-electron chi connectivity index (χ0n) is 11.2. The maximum atomic E-state index is 11.8. The van der Waals surface area contributed by atoms with E-state index in [-0.39, 0.29) is 11.7 Å². The second-order valence-electron chi connectivity index (χ2n) is 4.95. The third-order valence-corrected chi connectivity index (χ3v) is 3.74. The van der Waals surface area contributed by atoms with E-state index in [4.69, 9.17) is 5.73 Å². The Bertz CT molecular complexity index is 512. The summed E-state index contributed by atoms with van der Waals surface area (Å²) in [7, 11) is -3.69. The highest BCUT2D eigenvalue weighted by molar-refractivity contribution is 7.89. The molecule has 0 spiro atoms. The van der Waals surface area contributed by atoms with Crippen molar-refractivity contribution < 1.29 is 13.2 Å². The second-order valence-corrected chi connectivity index (χ2v) is 6.67. The third kappa shape index (κ3) is 5.85. The lowest BCUT2D eigenvalue weighted by atomic mass is 10.0. The van der Waals surface area contributed by atoms with Gasteiger partial charge in [0.25, 0.3) is 0 Å². The van der Waals surface area contributed by atoms with Crippen LogP contribution in [0, 0.1) is 5.92 Å². The first-order valence-corrected chi connectivity index (χ1v) is 7.79. The molecule has 0 aliphatic carbocycles. The molecule has 0 radical (unpaired) electrons. The summed E-state index contributed by atoms with van der Waals surface area (Å²) < 4.78 is 25.6. The van der Waals surface area contributed by atoms with Crippen LogP contribution in [0.25, 0.3) is 0 Å². The van der Waals surface area contributed by atoms with E-state index < -0.39 is 22.0 Å². The minimum absolute atomic E-state index is 0.228. The first-order chi connectivity index (χ1) is 8.80. The smallest absolute Gasteiger partial charge is 0.250 e. The van der Waals surface area contributed by atoms with Crippen LogP contribution < -0.4 is 10.5 Å². The SMILES string of the molecule is CC(C)C[C@H](N)C(=O)NS(=O)(=O)Cc1ccccc1. The van der Waals surface area contributed by atoms with Gasteiger partial charge >= 0.3 is 0 Å². The van der Waals surface area contributed by atoms with Crippen molar-refractivity contribution in [1.82, 2.24) is 4.72 Å². The molecule has 106 valence electrons. The fourth-order valence-electron chi connectivity index (χ4n) is 1.67. The topological polar surface area (TPSA) is 89.3 Å². The van der Waals surface area contributed by atoms with E-state index in [1.54, 1.807) is 30.3 Å². The summed E-state index contributed by atoms with van der Waals surface area (Å²) in [5.41, 5.74) is 6.27. The van der Waals surface area contributed by atoms with Crippen LogP contribution in [0.15, 0.2) is 30.3 Å². The van der Waals surface area contributed by atoms with E-state index in [9.17, 15) is 13.2 Å². The van der Waals surface area contributed by atoms with Gasteiger partial charge in [0, 0.05) is 0 Å². The molecule has 1 aromatic rings. The first kappa shape index (κ1) is 15.7. The molecule has 6 heteroatoms. The predicted octanol–water partition coefficient (Wildman–Crippen LogP) is 1.01. The molecule has 0 aliphatic rings. The number of nitrogens with two attached hydrogens (primary N) is 1. The average molecular weight is 284 g/mol. The van der Waals surface area contributed by atoms with Crippen LogP contribution in [-0.4, -0.2) is 20.4 Å². The number of hydrogen-bond acceptors (Lipinski definition) is 4. The molecule has 0 saturated heterocycles. The highest BCUT2D eigenvalue weighted by Crippen LogP contribution is 2.06. The molecule has 0 fully saturated rings. The van der Waals surface area contributed by atoms with Gasteiger partial charge in [-0.15, -0.1) is 0 Å². The standard InChI is InChI=1S/C13H20N2O3S/c1-10(2)8-12(14)13(16)15-19(17,18)9-11-6-4-3-5-7-11/h3-7,10,12H,8-9,14H2,1-2H3,(H,15,16)/t12-/m0/s1. The molecule has 0 bridgehead atoms. The summed E-state index contributed by atoms with van der Waals surface area (Å²) in [4.78, 5) is 11.7. The van der Waals surface area contributed by atoms with Crippen LogP contribution in [0.5, 0.6) is 0 Å². The zero-order chi connectivity index (χ0) is 14.5. The molecule has 3 N–H and O–H groups in total. The summed E-state index contributed by atoms with van der Waals surface area (Å²) >= 11 is 0. The van der Waals surface area contributed by atoms with Gasteiger partial charge in [-0.2, -0.15) is 0 Å². The van der Waals surface area contributed by atoms with Crippen molar-refractivity contribution in [2.24, 2.45) is 11.7 Å². The van der Waals surface area contributed by atoms with Gasteiger partial charge in [0.1, 0.15) is 0 Å². The number of hydrogen-bond donors (Lipinski definition) is 2. The Kier molecular flexibility index (Phi) is 5.50. The van der Waals surface area contributed by atoms with Gasteiger partial charge < -0.3 is 5.73 Å². The number of sulfonamides is 1. The summed E-state index contributed by atoms with van der Waals surface area (Å²) in [6.45, 7) is 3.84. The van der Waals surface area contributed by atoms with Gasteiger partial charge in [0.2, 0.25) is 15.9 Å². The third-order valence-electron chi connectivity index (χ3n) is 2.52. The van der Waals surface area contributed by atoms with Crippen LogP contribution in [-0.2, 0) is 20.6 Å². The van der Waals surface area contributed by atoms with E-state index in [1.165, 1.54) is 0 Å². The molecule has 0 aromatic heterocycles. The van der Waals surface area contributed by atoms with Crippen LogP contribution in [0.4, 0.5) is 0 Å². The van der Waals surface area contributed by atoms with E-state index in [1.807, 2.05) is 18.6 Å². The van der Waals surface area contributed by atoms with Gasteiger partial charge in [0.05, 0.1) is 11.8 Å². The van der Waals surface area contributed by atoms with Crippen LogP contribution in [0.2, 0.25) is 0 Å². The largest absolute Gasteiger partial charge is 0.320 e. The Hall–Kier alpha value is -1.40. The number of nitrogens with one attached hydrogen (secondary N) is 1. The molecular weight excluding hydrogens is 264 g/mol. The fraction of sp³-hybridized carbons (Fsp3) is 0.462. The maximum Gasteiger partial charge on any atom is 0.250 e. The second kappa shape index (κ2) is 6.68. The minimum Gasteiger partial charge on any atom is -0.320 e. The fourth-order valence-corrected chi connectivity index (χ4v) is 2.83. The monoisotopic (exact) mass is 284 g/mol. The van der Waals surface area contributed by atoms with Crippen molar-refractivity contribution in [1.29, 1.82) is 0 Å². The van der Waals surface area contributed by atoms with E-state index in [0.29, 0.717) is 12.0 Å².